The van der Waals surface area contributed by atoms with E-state index in [1.807, 2.05) is 13.5 Å². The van der Waals surface area contributed by atoms with Crippen molar-refractivity contribution in [3.63, 3.8) is 0 Å². The Morgan fingerprint density at radius 3 is 2.78 bits per heavy atom. The molecule has 0 amide bonds. The van der Waals surface area contributed by atoms with Gasteiger partial charge in [0.2, 0.25) is 0 Å². The first-order valence-electron chi connectivity index (χ1n) is 3.60. The third-order valence-electron chi connectivity index (χ3n) is 1.08. The molecule has 0 saturated carbocycles. The summed E-state index contributed by atoms with van der Waals surface area (Å²) >= 11 is 0. The maximum Gasteiger partial charge on any atom is 0.0519 e. The van der Waals surface area contributed by atoms with E-state index in [1.54, 1.807) is 0 Å². The van der Waals surface area contributed by atoms with E-state index in [1.165, 1.54) is 12.8 Å². The van der Waals surface area contributed by atoms with E-state index in [0.717, 1.165) is 6.42 Å². The number of nitrogens with one attached hydrogen (secondary N) is 1. The Hall–Kier alpha value is -0.0800. The van der Waals surface area contributed by atoms with Crippen LogP contribution in [0.25, 0.3) is 0 Å². The first-order valence-corrected chi connectivity index (χ1v) is 3.60. The second-order valence-electron chi connectivity index (χ2n) is 2.30. The minimum Gasteiger partial charge on any atom is -0.316 e. The van der Waals surface area contributed by atoms with Gasteiger partial charge in [0.1, 0.15) is 0 Å². The summed E-state index contributed by atoms with van der Waals surface area (Å²) in [5.41, 5.74) is 5.43. The van der Waals surface area contributed by atoms with Crippen LogP contribution in [0.5, 0.6) is 0 Å². The molecule has 2 nitrogen and oxygen atoms in total. The minimum absolute atomic E-state index is 0.0989. The van der Waals surface area contributed by atoms with E-state index in [9.17, 15) is 0 Å². The summed E-state index contributed by atoms with van der Waals surface area (Å²) in [6, 6.07) is 0. The van der Waals surface area contributed by atoms with Crippen molar-refractivity contribution in [3.8, 4) is 0 Å². The quantitative estimate of drug-likeness (QED) is 0.433. The zero-order valence-corrected chi connectivity index (χ0v) is 6.35. The molecule has 0 aliphatic rings. The lowest BCUT2D eigenvalue weighted by molar-refractivity contribution is 0.597. The van der Waals surface area contributed by atoms with Gasteiger partial charge in [0.05, 0.1) is 6.17 Å². The molecule has 1 unspecified atom stereocenters. The van der Waals surface area contributed by atoms with E-state index in [-0.39, 0.29) is 6.17 Å². The van der Waals surface area contributed by atoms with Gasteiger partial charge in [0.15, 0.2) is 0 Å². The van der Waals surface area contributed by atoms with Crippen molar-refractivity contribution < 1.29 is 0 Å². The van der Waals surface area contributed by atoms with Crippen molar-refractivity contribution in [1.29, 1.82) is 0 Å². The summed E-state index contributed by atoms with van der Waals surface area (Å²) in [5.74, 6) is 0. The van der Waals surface area contributed by atoms with Crippen LogP contribution in [0.2, 0.25) is 0 Å². The van der Waals surface area contributed by atoms with Gasteiger partial charge in [-0.05, 0) is 13.3 Å². The third kappa shape index (κ3) is 7.92. The minimum atomic E-state index is 0.0989. The van der Waals surface area contributed by atoms with Crippen LogP contribution in [0.4, 0.5) is 0 Å². The van der Waals surface area contributed by atoms with E-state index in [2.05, 4.69) is 12.2 Å². The van der Waals surface area contributed by atoms with Crippen molar-refractivity contribution in [3.05, 3.63) is 6.54 Å². The molecular formula is C7H17N2. The van der Waals surface area contributed by atoms with Gasteiger partial charge in [-0.1, -0.05) is 19.8 Å². The Balaban J connectivity index is 2.75. The van der Waals surface area contributed by atoms with E-state index < -0.39 is 0 Å². The molecule has 0 aromatic heterocycles. The molecule has 0 aliphatic heterocycles. The Labute approximate surface area is 57.8 Å². The lowest BCUT2D eigenvalue weighted by atomic mass is 10.2. The van der Waals surface area contributed by atoms with E-state index in [0.29, 0.717) is 0 Å². The van der Waals surface area contributed by atoms with Gasteiger partial charge in [0.25, 0.3) is 0 Å². The first kappa shape index (κ1) is 8.92. The number of rotatable bonds is 5. The lowest BCUT2D eigenvalue weighted by Gasteiger charge is -2.05. The highest BCUT2D eigenvalue weighted by Gasteiger charge is 1.89. The van der Waals surface area contributed by atoms with Crippen LogP contribution in [-0.4, -0.2) is 6.17 Å². The van der Waals surface area contributed by atoms with Crippen LogP contribution in [0.15, 0.2) is 0 Å². The zero-order chi connectivity index (χ0) is 7.11. The van der Waals surface area contributed by atoms with Gasteiger partial charge in [-0.2, -0.15) is 0 Å². The topological polar surface area (TPSA) is 38.0 Å². The summed E-state index contributed by atoms with van der Waals surface area (Å²) in [4.78, 5) is 0. The fourth-order valence-electron chi connectivity index (χ4n) is 0.575. The summed E-state index contributed by atoms with van der Waals surface area (Å²) in [5, 5.41) is 3.03. The summed E-state index contributed by atoms with van der Waals surface area (Å²) in [6.45, 7) is 6.15. The maximum atomic E-state index is 5.43. The second kappa shape index (κ2) is 6.05. The van der Waals surface area contributed by atoms with Gasteiger partial charge in [-0.15, -0.1) is 0 Å². The zero-order valence-electron chi connectivity index (χ0n) is 6.35. The summed E-state index contributed by atoms with van der Waals surface area (Å²) in [6.07, 6.45) is 3.72. The Morgan fingerprint density at radius 2 is 2.33 bits per heavy atom. The van der Waals surface area contributed by atoms with Gasteiger partial charge in [-0.25, -0.2) is 0 Å². The maximum absolute atomic E-state index is 5.43. The first-order chi connectivity index (χ1) is 4.27. The number of hydrogen-bond acceptors (Lipinski definition) is 2. The van der Waals surface area contributed by atoms with Crippen LogP contribution in [-0.2, 0) is 0 Å². The molecule has 0 aromatic carbocycles. The second-order valence-corrected chi connectivity index (χ2v) is 2.30. The fourth-order valence-corrected chi connectivity index (χ4v) is 0.575. The highest BCUT2D eigenvalue weighted by molar-refractivity contribution is 4.63. The number of unbranched alkanes of at least 4 members (excludes halogenated alkanes) is 2. The highest BCUT2D eigenvalue weighted by Crippen LogP contribution is 1.94. The molecule has 1 radical (unpaired) electrons. The van der Waals surface area contributed by atoms with Crippen molar-refractivity contribution in [1.82, 2.24) is 5.32 Å². The molecule has 3 N–H and O–H groups in total. The highest BCUT2D eigenvalue weighted by atomic mass is 15.0. The van der Waals surface area contributed by atoms with Crippen molar-refractivity contribution in [2.75, 3.05) is 0 Å². The molecule has 0 aromatic rings. The van der Waals surface area contributed by atoms with Gasteiger partial charge < -0.3 is 5.73 Å². The Bertz CT molecular complexity index is 52.9. The van der Waals surface area contributed by atoms with Gasteiger partial charge in [-0.3, -0.25) is 5.32 Å². The predicted octanol–water partition coefficient (Wildman–Crippen LogP) is 1.23. The SMILES string of the molecule is CCCC[CH]NC(C)N. The molecule has 55 valence electrons. The number of nitrogens with two attached hydrogens (primary N) is 1. The average molecular weight is 129 g/mol. The molecule has 0 heterocycles. The molecule has 0 fully saturated rings. The Kier molecular flexibility index (Phi) is 5.99. The molecule has 2 heteroatoms. The molecular weight excluding hydrogens is 112 g/mol. The van der Waals surface area contributed by atoms with Crippen LogP contribution in [0, 0.1) is 6.54 Å². The van der Waals surface area contributed by atoms with E-state index >= 15 is 0 Å². The lowest BCUT2D eigenvalue weighted by Crippen LogP contribution is -2.31. The monoisotopic (exact) mass is 129 g/mol. The van der Waals surface area contributed by atoms with Crippen LogP contribution in [0.3, 0.4) is 0 Å². The van der Waals surface area contributed by atoms with Crippen LogP contribution in [0.1, 0.15) is 33.1 Å². The van der Waals surface area contributed by atoms with Crippen LogP contribution >= 0.6 is 0 Å². The smallest absolute Gasteiger partial charge is 0.0519 e. The Morgan fingerprint density at radius 1 is 1.67 bits per heavy atom. The van der Waals surface area contributed by atoms with Crippen molar-refractivity contribution >= 4 is 0 Å². The fraction of sp³-hybridized carbons (Fsp3) is 0.857. The third-order valence-corrected chi connectivity index (χ3v) is 1.08. The normalized spacial score (nSPS) is 13.7. The molecule has 0 bridgehead atoms. The molecule has 9 heavy (non-hydrogen) atoms. The van der Waals surface area contributed by atoms with Gasteiger partial charge in [0, 0.05) is 6.54 Å². The van der Waals surface area contributed by atoms with Crippen molar-refractivity contribution in [2.45, 2.75) is 39.3 Å². The van der Waals surface area contributed by atoms with E-state index in [4.69, 9.17) is 5.73 Å². The molecule has 0 saturated heterocycles. The number of hydrogen-bond donors (Lipinski definition) is 2. The molecule has 0 spiro atoms. The average Bonchev–Trinajstić information content (AvgIpc) is 1.80. The molecule has 0 aliphatic carbocycles. The summed E-state index contributed by atoms with van der Waals surface area (Å²) in [7, 11) is 0. The largest absolute Gasteiger partial charge is 0.316 e. The molecule has 0 rings (SSSR count). The van der Waals surface area contributed by atoms with Gasteiger partial charge >= 0.3 is 0 Å². The molecule has 1 atom stereocenters. The summed E-state index contributed by atoms with van der Waals surface area (Å²) < 4.78 is 0. The van der Waals surface area contributed by atoms with Crippen LogP contribution < -0.4 is 11.1 Å². The standard InChI is InChI=1S/C7H17N2/c1-3-4-5-6-9-7(2)8/h6-7,9H,3-5,8H2,1-2H3. The predicted molar refractivity (Wildman–Crippen MR) is 40.6 cm³/mol. The van der Waals surface area contributed by atoms with Crippen molar-refractivity contribution in [2.24, 2.45) is 5.73 Å².